The van der Waals surface area contributed by atoms with Crippen molar-refractivity contribution in [3.8, 4) is 0 Å². The van der Waals surface area contributed by atoms with Gasteiger partial charge in [-0.2, -0.15) is 0 Å². The molecular weight excluding hydrogens is 430 g/mol. The average molecular weight is 455 g/mol. The molecule has 10 heteroatoms. The maximum Gasteiger partial charge on any atom is 0.254 e. The van der Waals surface area contributed by atoms with Gasteiger partial charge in [-0.3, -0.25) is 15.0 Å². The van der Waals surface area contributed by atoms with E-state index in [4.69, 9.17) is 21.6 Å². The van der Waals surface area contributed by atoms with Crippen molar-refractivity contribution < 1.29 is 23.1 Å². The van der Waals surface area contributed by atoms with Crippen molar-refractivity contribution in [2.24, 2.45) is 11.5 Å². The maximum atomic E-state index is 15.0. The number of hydrogen-bond acceptors (Lipinski definition) is 5. The number of hydrogen-bond donors (Lipinski definition) is 4. The van der Waals surface area contributed by atoms with Crippen LogP contribution >= 0.6 is 12.4 Å². The predicted octanol–water partition coefficient (Wildman–Crippen LogP) is 2.65. The maximum absolute atomic E-state index is 15.0. The Kier molecular flexibility index (Phi) is 9.70. The molecule has 7 nitrogen and oxygen atoms in total. The summed E-state index contributed by atoms with van der Waals surface area (Å²) in [6.07, 6.45) is -1.56. The van der Waals surface area contributed by atoms with Crippen LogP contribution in [0.5, 0.6) is 0 Å². The molecule has 2 unspecified atom stereocenters. The molecule has 0 saturated carbocycles. The summed E-state index contributed by atoms with van der Waals surface area (Å²) in [6, 6.07) is 7.33. The van der Waals surface area contributed by atoms with Crippen LogP contribution in [0.2, 0.25) is 0 Å². The molecule has 2 atom stereocenters. The van der Waals surface area contributed by atoms with Gasteiger partial charge in [-0.1, -0.05) is 30.3 Å². The summed E-state index contributed by atoms with van der Waals surface area (Å²) < 4.78 is 34.8. The summed E-state index contributed by atoms with van der Waals surface area (Å²) in [5.74, 6) is -3.41. The van der Waals surface area contributed by atoms with Crippen LogP contribution in [-0.2, 0) is 20.9 Å². The molecule has 2 rings (SSSR count). The number of benzene rings is 2. The molecule has 0 fully saturated rings. The van der Waals surface area contributed by atoms with Crippen LogP contribution in [0.4, 0.5) is 8.78 Å². The topological polar surface area (TPSA) is 131 Å². The Hall–Kier alpha value is -2.88. The van der Waals surface area contributed by atoms with Crippen molar-refractivity contribution in [1.29, 1.82) is 5.41 Å². The highest BCUT2D eigenvalue weighted by atomic mass is 35.5. The minimum Gasteiger partial charge on any atom is -0.384 e. The summed E-state index contributed by atoms with van der Waals surface area (Å²) in [4.78, 5) is 24.2. The number of ketones is 1. The third-order valence-corrected chi connectivity index (χ3v) is 4.49. The van der Waals surface area contributed by atoms with Gasteiger partial charge < -0.3 is 21.5 Å². The minimum absolute atomic E-state index is 0. The fraction of sp³-hybridized carbons (Fsp3) is 0.286. The number of nitrogens with one attached hydrogen (secondary N) is 2. The third kappa shape index (κ3) is 6.30. The molecule has 0 heterocycles. The highest BCUT2D eigenvalue weighted by Crippen LogP contribution is 2.29. The zero-order valence-corrected chi connectivity index (χ0v) is 17.9. The van der Waals surface area contributed by atoms with Crippen molar-refractivity contribution in [3.05, 3.63) is 70.3 Å². The number of carbonyl (C=O) groups is 2. The number of nitrogen functional groups attached to an aromatic ring is 1. The first kappa shape index (κ1) is 26.2. The lowest BCUT2D eigenvalue weighted by Gasteiger charge is -2.21. The summed E-state index contributed by atoms with van der Waals surface area (Å²) in [5, 5.41) is 9.95. The van der Waals surface area contributed by atoms with Gasteiger partial charge in [0.1, 0.15) is 17.5 Å². The summed E-state index contributed by atoms with van der Waals surface area (Å²) in [5.41, 5.74) is 11.5. The normalized spacial score (nSPS) is 12.4. The van der Waals surface area contributed by atoms with E-state index in [-0.39, 0.29) is 37.0 Å². The molecule has 0 aromatic heterocycles. The van der Waals surface area contributed by atoms with E-state index in [1.807, 2.05) is 0 Å². The van der Waals surface area contributed by atoms with E-state index in [1.54, 1.807) is 31.2 Å². The number of amides is 1. The number of Topliss-reactive ketones (excluding diaryl/α,β-unsaturated/α-hetero) is 1. The first-order valence-electron chi connectivity index (χ1n) is 9.23. The van der Waals surface area contributed by atoms with Gasteiger partial charge in [-0.15, -0.1) is 12.4 Å². The highest BCUT2D eigenvalue weighted by Gasteiger charge is 2.30. The number of carbonyl (C=O) groups excluding carboxylic acids is 2. The van der Waals surface area contributed by atoms with Crippen molar-refractivity contribution in [2.45, 2.75) is 32.5 Å². The molecule has 0 aliphatic rings. The van der Waals surface area contributed by atoms with Crippen molar-refractivity contribution in [3.63, 3.8) is 0 Å². The van der Waals surface area contributed by atoms with E-state index in [0.717, 1.165) is 12.1 Å². The molecule has 0 radical (unpaired) electrons. The average Bonchev–Trinajstić information content (AvgIpc) is 2.71. The Morgan fingerprint density at radius 3 is 2.29 bits per heavy atom. The van der Waals surface area contributed by atoms with Crippen LogP contribution in [0, 0.1) is 17.0 Å². The van der Waals surface area contributed by atoms with Crippen LogP contribution in [-0.4, -0.2) is 24.1 Å². The number of halogens is 3. The van der Waals surface area contributed by atoms with Crippen LogP contribution in [0.3, 0.4) is 0 Å². The van der Waals surface area contributed by atoms with E-state index in [2.05, 4.69) is 5.32 Å². The second-order valence-corrected chi connectivity index (χ2v) is 6.62. The first-order valence-corrected chi connectivity index (χ1v) is 9.23. The molecule has 0 aliphatic heterocycles. The second-order valence-electron chi connectivity index (χ2n) is 6.62. The van der Waals surface area contributed by atoms with Gasteiger partial charge in [0.2, 0.25) is 0 Å². The van der Waals surface area contributed by atoms with E-state index >= 15 is 0 Å². The van der Waals surface area contributed by atoms with E-state index in [9.17, 15) is 18.4 Å². The molecule has 1 amide bonds. The number of nitrogens with two attached hydrogens (primary N) is 2. The monoisotopic (exact) mass is 454 g/mol. The highest BCUT2D eigenvalue weighted by molar-refractivity contribution is 5.94. The molecule has 31 heavy (non-hydrogen) atoms. The zero-order chi connectivity index (χ0) is 22.4. The van der Waals surface area contributed by atoms with Gasteiger partial charge in [-0.25, -0.2) is 8.78 Å². The lowest BCUT2D eigenvalue weighted by molar-refractivity contribution is -0.133. The van der Waals surface area contributed by atoms with Gasteiger partial charge >= 0.3 is 0 Å². The Morgan fingerprint density at radius 2 is 1.77 bits per heavy atom. The second kappa shape index (κ2) is 11.5. The summed E-state index contributed by atoms with van der Waals surface area (Å²) in [6.45, 7) is 2.86. The summed E-state index contributed by atoms with van der Waals surface area (Å²) in [7, 11) is 0. The number of amidine groups is 1. The van der Waals surface area contributed by atoms with Gasteiger partial charge in [0.05, 0.1) is 11.6 Å². The Morgan fingerprint density at radius 1 is 1.16 bits per heavy atom. The van der Waals surface area contributed by atoms with Gasteiger partial charge in [-0.05, 0) is 25.5 Å². The third-order valence-electron chi connectivity index (χ3n) is 4.49. The van der Waals surface area contributed by atoms with Crippen LogP contribution < -0.4 is 16.8 Å². The van der Waals surface area contributed by atoms with Gasteiger partial charge in [0, 0.05) is 24.3 Å². The zero-order valence-electron chi connectivity index (χ0n) is 17.1. The van der Waals surface area contributed by atoms with Gasteiger partial charge in [0.15, 0.2) is 11.9 Å². The number of ether oxygens (including phenoxy) is 1. The molecule has 2 aromatic carbocycles. The Labute approximate surface area is 185 Å². The fourth-order valence-corrected chi connectivity index (χ4v) is 2.83. The molecule has 168 valence electrons. The van der Waals surface area contributed by atoms with Gasteiger partial charge in [0.25, 0.3) is 5.91 Å². The SMILES string of the molecule is CCOC(C(=O)NCc1ccc(C(=N)N)cc1)c1c(F)ccc(C(N)C(C)=O)c1F.Cl. The van der Waals surface area contributed by atoms with Crippen molar-refractivity contribution in [2.75, 3.05) is 6.61 Å². The van der Waals surface area contributed by atoms with E-state index in [0.29, 0.717) is 11.1 Å². The smallest absolute Gasteiger partial charge is 0.254 e. The largest absolute Gasteiger partial charge is 0.384 e. The Bertz CT molecular complexity index is 954. The van der Waals surface area contributed by atoms with E-state index < -0.39 is 41.0 Å². The molecular formula is C21H25ClF2N4O3. The van der Waals surface area contributed by atoms with Crippen molar-refractivity contribution >= 4 is 29.9 Å². The molecule has 0 bridgehead atoms. The lowest BCUT2D eigenvalue weighted by atomic mass is 9.97. The van der Waals surface area contributed by atoms with Crippen LogP contribution in [0.25, 0.3) is 0 Å². The Balaban J connectivity index is 0.00000480. The van der Waals surface area contributed by atoms with Crippen molar-refractivity contribution in [1.82, 2.24) is 5.32 Å². The number of rotatable bonds is 9. The molecule has 0 spiro atoms. The standard InChI is InChI=1S/C21H24F2N4O3.ClH/c1-3-30-19(16-15(22)9-8-14(17(16)23)18(24)11(2)28)21(29)27-10-12-4-6-13(7-5-12)20(25)26;/h4-9,18-19H,3,10,24H2,1-2H3,(H3,25,26)(H,27,29);1H. The quantitative estimate of drug-likeness (QED) is 0.341. The lowest BCUT2D eigenvalue weighted by Crippen LogP contribution is -2.32. The first-order chi connectivity index (χ1) is 14.2. The van der Waals surface area contributed by atoms with Crippen LogP contribution in [0.1, 0.15) is 48.2 Å². The molecule has 0 aliphatic carbocycles. The molecule has 0 saturated heterocycles. The van der Waals surface area contributed by atoms with Crippen LogP contribution in [0.15, 0.2) is 36.4 Å². The molecule has 2 aromatic rings. The predicted molar refractivity (Wildman–Crippen MR) is 115 cm³/mol. The summed E-state index contributed by atoms with van der Waals surface area (Å²) >= 11 is 0. The van der Waals surface area contributed by atoms with E-state index in [1.165, 1.54) is 6.92 Å². The fourth-order valence-electron chi connectivity index (χ4n) is 2.83. The minimum atomic E-state index is -1.56. The molecule has 6 N–H and O–H groups in total.